The third kappa shape index (κ3) is 4.29. The molecule has 1 aliphatic carbocycles. The monoisotopic (exact) mass is 491 g/mol. The molecule has 1 amide bonds. The van der Waals surface area contributed by atoms with E-state index in [9.17, 15) is 14.9 Å². The Bertz CT molecular complexity index is 1320. The summed E-state index contributed by atoms with van der Waals surface area (Å²) in [5.41, 5.74) is 0.985. The molecule has 2 aliphatic rings. The van der Waals surface area contributed by atoms with Crippen molar-refractivity contribution >= 4 is 11.7 Å². The Morgan fingerprint density at radius 1 is 1.00 bits per heavy atom. The Labute approximate surface area is 217 Å². The van der Waals surface area contributed by atoms with E-state index in [0.29, 0.717) is 29.4 Å². The van der Waals surface area contributed by atoms with Crippen LogP contribution in [0.15, 0.2) is 85.2 Å². The fraction of sp³-hybridized carbons (Fsp3) is 0.300. The zero-order valence-corrected chi connectivity index (χ0v) is 20.9. The van der Waals surface area contributed by atoms with Crippen LogP contribution in [0.2, 0.25) is 0 Å². The van der Waals surface area contributed by atoms with Crippen LogP contribution in [-0.4, -0.2) is 45.1 Å². The fourth-order valence-corrected chi connectivity index (χ4v) is 5.75. The summed E-state index contributed by atoms with van der Waals surface area (Å²) in [4.78, 5) is 40.2. The highest BCUT2D eigenvalue weighted by Gasteiger charge is 2.56. The SMILES string of the molecule is CN1C(=CC(=O)c2ccccc2C#N)N(CC2CCCCC2)C(=O)C1(c1ccncc1)c1ccncc1. The number of benzene rings is 1. The lowest BCUT2D eigenvalue weighted by molar-refractivity contribution is -0.132. The van der Waals surface area contributed by atoms with E-state index in [1.807, 2.05) is 36.2 Å². The number of nitrogens with zero attached hydrogens (tertiary/aromatic N) is 5. The van der Waals surface area contributed by atoms with Crippen molar-refractivity contribution in [2.24, 2.45) is 5.92 Å². The molecule has 7 heteroatoms. The smallest absolute Gasteiger partial charge is 0.263 e. The molecule has 0 spiro atoms. The van der Waals surface area contributed by atoms with Gasteiger partial charge in [-0.15, -0.1) is 0 Å². The molecule has 2 fully saturated rings. The quantitative estimate of drug-likeness (QED) is 0.368. The third-order valence-corrected chi connectivity index (χ3v) is 7.61. The molecule has 2 aromatic heterocycles. The van der Waals surface area contributed by atoms with Gasteiger partial charge in [0.1, 0.15) is 5.82 Å². The van der Waals surface area contributed by atoms with Crippen LogP contribution in [0.3, 0.4) is 0 Å². The summed E-state index contributed by atoms with van der Waals surface area (Å²) in [7, 11) is 1.86. The van der Waals surface area contributed by atoms with E-state index < -0.39 is 5.54 Å². The molecule has 0 unspecified atom stereocenters. The summed E-state index contributed by atoms with van der Waals surface area (Å²) in [6.45, 7) is 0.542. The van der Waals surface area contributed by atoms with Crippen LogP contribution in [-0.2, 0) is 10.3 Å². The molecule has 5 rings (SSSR count). The highest BCUT2D eigenvalue weighted by Crippen LogP contribution is 2.46. The molecule has 37 heavy (non-hydrogen) atoms. The van der Waals surface area contributed by atoms with Crippen molar-refractivity contribution in [1.82, 2.24) is 19.8 Å². The van der Waals surface area contributed by atoms with Gasteiger partial charge in [0.15, 0.2) is 11.3 Å². The number of hydrogen-bond acceptors (Lipinski definition) is 6. The van der Waals surface area contributed by atoms with Crippen molar-refractivity contribution in [3.05, 3.63) is 107 Å². The maximum Gasteiger partial charge on any atom is 0.263 e. The zero-order chi connectivity index (χ0) is 25.8. The van der Waals surface area contributed by atoms with Crippen LogP contribution >= 0.6 is 0 Å². The highest BCUT2D eigenvalue weighted by molar-refractivity contribution is 6.07. The predicted octanol–water partition coefficient (Wildman–Crippen LogP) is 4.67. The largest absolute Gasteiger partial charge is 0.339 e. The van der Waals surface area contributed by atoms with E-state index in [2.05, 4.69) is 16.0 Å². The molecule has 0 atom stereocenters. The number of amides is 1. The first-order valence-corrected chi connectivity index (χ1v) is 12.7. The Hall–Kier alpha value is -4.31. The predicted molar refractivity (Wildman–Crippen MR) is 139 cm³/mol. The normalized spacial score (nSPS) is 18.7. The van der Waals surface area contributed by atoms with Gasteiger partial charge in [-0.1, -0.05) is 31.4 Å². The van der Waals surface area contributed by atoms with Crippen LogP contribution in [0.1, 0.15) is 59.2 Å². The molecular formula is C30H29N5O2. The van der Waals surface area contributed by atoms with Crippen LogP contribution in [0, 0.1) is 17.2 Å². The summed E-state index contributed by atoms with van der Waals surface area (Å²) in [6.07, 6.45) is 13.9. The molecule has 0 N–H and O–H groups in total. The average Bonchev–Trinajstić information content (AvgIpc) is 3.16. The molecule has 1 saturated carbocycles. The lowest BCUT2D eigenvalue weighted by atomic mass is 9.82. The van der Waals surface area contributed by atoms with E-state index in [1.165, 1.54) is 12.5 Å². The van der Waals surface area contributed by atoms with Crippen LogP contribution in [0.25, 0.3) is 0 Å². The minimum atomic E-state index is -1.18. The summed E-state index contributed by atoms with van der Waals surface area (Å²) in [5, 5.41) is 9.56. The maximum atomic E-state index is 14.6. The van der Waals surface area contributed by atoms with Gasteiger partial charge in [-0.2, -0.15) is 5.26 Å². The maximum absolute atomic E-state index is 14.6. The standard InChI is InChI=1S/C30H29N5O2/c1-34-28(19-27(36)26-10-6-5-9-23(26)20-31)35(21-22-7-3-2-4-8-22)29(37)30(34,24-11-15-32-16-12-24)25-13-17-33-18-14-25/h5-6,9-19,22H,2-4,7-8,21H2,1H3. The van der Waals surface area contributed by atoms with Gasteiger partial charge < -0.3 is 4.90 Å². The molecule has 3 heterocycles. The zero-order valence-electron chi connectivity index (χ0n) is 20.9. The molecule has 1 saturated heterocycles. The van der Waals surface area contributed by atoms with E-state index in [4.69, 9.17) is 0 Å². The second-order valence-electron chi connectivity index (χ2n) is 9.69. The van der Waals surface area contributed by atoms with Gasteiger partial charge in [0, 0.05) is 50.0 Å². The number of nitriles is 1. The van der Waals surface area contributed by atoms with Crippen LogP contribution in [0.5, 0.6) is 0 Å². The van der Waals surface area contributed by atoms with Crippen molar-refractivity contribution in [3.8, 4) is 6.07 Å². The van der Waals surface area contributed by atoms with Crippen molar-refractivity contribution in [3.63, 3.8) is 0 Å². The second kappa shape index (κ2) is 10.4. The van der Waals surface area contributed by atoms with Crippen LogP contribution in [0.4, 0.5) is 0 Å². The number of carbonyl (C=O) groups excluding carboxylic acids is 2. The van der Waals surface area contributed by atoms with Crippen LogP contribution < -0.4 is 0 Å². The summed E-state index contributed by atoms with van der Waals surface area (Å²) < 4.78 is 0. The van der Waals surface area contributed by atoms with E-state index >= 15 is 0 Å². The summed E-state index contributed by atoms with van der Waals surface area (Å²) in [6, 6.07) is 16.3. The Morgan fingerprint density at radius 3 is 2.19 bits per heavy atom. The van der Waals surface area contributed by atoms with Gasteiger partial charge in [0.25, 0.3) is 5.91 Å². The molecule has 1 aromatic carbocycles. The Kier molecular flexibility index (Phi) is 6.82. The number of pyridine rings is 2. The van der Waals surface area contributed by atoms with Gasteiger partial charge in [0.05, 0.1) is 11.6 Å². The average molecular weight is 492 g/mol. The molecule has 7 nitrogen and oxygen atoms in total. The molecule has 0 radical (unpaired) electrons. The lowest BCUT2D eigenvalue weighted by Crippen LogP contribution is -2.46. The number of hydrogen-bond donors (Lipinski definition) is 0. The highest BCUT2D eigenvalue weighted by atomic mass is 16.2. The summed E-state index contributed by atoms with van der Waals surface area (Å²) >= 11 is 0. The number of likely N-dealkylation sites (N-methyl/N-ethyl adjacent to an activating group) is 1. The Balaban J connectivity index is 1.68. The molecule has 3 aromatic rings. The first kappa shape index (κ1) is 24.4. The van der Waals surface area contributed by atoms with Gasteiger partial charge in [-0.3, -0.25) is 24.5 Å². The topological polar surface area (TPSA) is 90.2 Å². The first-order chi connectivity index (χ1) is 18.1. The van der Waals surface area contributed by atoms with E-state index in [0.717, 1.165) is 36.8 Å². The van der Waals surface area contributed by atoms with Crippen molar-refractivity contribution < 1.29 is 9.59 Å². The number of rotatable bonds is 6. The van der Waals surface area contributed by atoms with Gasteiger partial charge in [-0.25, -0.2) is 0 Å². The Morgan fingerprint density at radius 2 is 1.59 bits per heavy atom. The number of aromatic nitrogens is 2. The molecule has 1 aliphatic heterocycles. The van der Waals surface area contributed by atoms with Crippen molar-refractivity contribution in [2.45, 2.75) is 37.6 Å². The number of ketones is 1. The number of allylic oxidation sites excluding steroid dienone is 1. The van der Waals surface area contributed by atoms with Gasteiger partial charge in [-0.05, 0) is 66.3 Å². The molecule has 0 bridgehead atoms. The molecule has 186 valence electrons. The van der Waals surface area contributed by atoms with Gasteiger partial charge >= 0.3 is 0 Å². The van der Waals surface area contributed by atoms with E-state index in [1.54, 1.807) is 54.0 Å². The minimum absolute atomic E-state index is 0.106. The van der Waals surface area contributed by atoms with E-state index in [-0.39, 0.29) is 11.7 Å². The fourth-order valence-electron chi connectivity index (χ4n) is 5.75. The lowest BCUT2D eigenvalue weighted by Gasteiger charge is -2.35. The van der Waals surface area contributed by atoms with Crippen molar-refractivity contribution in [2.75, 3.05) is 13.6 Å². The third-order valence-electron chi connectivity index (χ3n) is 7.61. The van der Waals surface area contributed by atoms with Crippen molar-refractivity contribution in [1.29, 1.82) is 5.26 Å². The minimum Gasteiger partial charge on any atom is -0.339 e. The van der Waals surface area contributed by atoms with Gasteiger partial charge in [0.2, 0.25) is 0 Å². The first-order valence-electron chi connectivity index (χ1n) is 12.7. The summed E-state index contributed by atoms with van der Waals surface area (Å²) in [5.74, 6) is 0.481. The number of carbonyl (C=O) groups is 2. The second-order valence-corrected chi connectivity index (χ2v) is 9.69. The molecular weight excluding hydrogens is 462 g/mol.